The van der Waals surface area contributed by atoms with Gasteiger partial charge in [-0.2, -0.15) is 4.31 Å². The van der Waals surface area contributed by atoms with Crippen molar-refractivity contribution in [2.75, 3.05) is 6.54 Å². The number of amides is 1. The lowest BCUT2D eigenvalue weighted by molar-refractivity contribution is -0.126. The highest BCUT2D eigenvalue weighted by atomic mass is 35.5. The van der Waals surface area contributed by atoms with Gasteiger partial charge in [0, 0.05) is 30.6 Å². The Hall–Kier alpha value is -2.74. The fourth-order valence-corrected chi connectivity index (χ4v) is 6.50. The van der Waals surface area contributed by atoms with Gasteiger partial charge in [-0.1, -0.05) is 71.8 Å². The number of hydrogen-bond donors (Lipinski definition) is 1. The minimum absolute atomic E-state index is 0.0380. The summed E-state index contributed by atoms with van der Waals surface area (Å²) < 4.78 is 43.1. The van der Waals surface area contributed by atoms with E-state index < -0.39 is 15.8 Å². The first-order chi connectivity index (χ1) is 17.7. The van der Waals surface area contributed by atoms with Gasteiger partial charge >= 0.3 is 0 Å². The lowest BCUT2D eigenvalue weighted by atomic mass is 9.81. The molecule has 3 aromatic carbocycles. The molecule has 0 unspecified atom stereocenters. The lowest BCUT2D eigenvalue weighted by Gasteiger charge is -2.32. The molecule has 0 bridgehead atoms. The van der Waals surface area contributed by atoms with Crippen molar-refractivity contribution in [3.63, 3.8) is 0 Å². The topological polar surface area (TPSA) is 66.5 Å². The van der Waals surface area contributed by atoms with Gasteiger partial charge < -0.3 is 5.32 Å². The summed E-state index contributed by atoms with van der Waals surface area (Å²) in [5, 5.41) is 3.18. The van der Waals surface area contributed by atoms with Gasteiger partial charge in [-0.15, -0.1) is 0 Å². The quantitative estimate of drug-likeness (QED) is 0.355. The summed E-state index contributed by atoms with van der Waals surface area (Å²) in [4.78, 5) is 12.4. The second kappa shape index (κ2) is 12.2. The molecule has 0 heterocycles. The molecule has 5 nitrogen and oxygen atoms in total. The molecular formula is C29H32ClFN2O3S. The Labute approximate surface area is 223 Å². The Morgan fingerprint density at radius 3 is 2.30 bits per heavy atom. The molecule has 37 heavy (non-hydrogen) atoms. The van der Waals surface area contributed by atoms with E-state index in [-0.39, 0.29) is 40.8 Å². The Kier molecular flexibility index (Phi) is 9.00. The second-order valence-electron chi connectivity index (χ2n) is 9.78. The van der Waals surface area contributed by atoms with Crippen molar-refractivity contribution in [3.05, 3.63) is 100 Å². The summed E-state index contributed by atoms with van der Waals surface area (Å²) in [6, 6.07) is 21.0. The van der Waals surface area contributed by atoms with E-state index in [1.165, 1.54) is 22.0 Å². The first-order valence-electron chi connectivity index (χ1n) is 12.5. The number of carbonyl (C=O) groups excluding carboxylic acids is 1. The van der Waals surface area contributed by atoms with Crippen LogP contribution in [0.25, 0.3) is 0 Å². The van der Waals surface area contributed by atoms with Gasteiger partial charge in [-0.3, -0.25) is 4.79 Å². The van der Waals surface area contributed by atoms with Crippen LogP contribution in [0.1, 0.15) is 42.4 Å². The van der Waals surface area contributed by atoms with Crippen molar-refractivity contribution in [1.82, 2.24) is 9.62 Å². The molecule has 1 N–H and O–H groups in total. The van der Waals surface area contributed by atoms with E-state index >= 15 is 0 Å². The number of benzene rings is 3. The van der Waals surface area contributed by atoms with Gasteiger partial charge in [-0.25, -0.2) is 12.8 Å². The highest BCUT2D eigenvalue weighted by Gasteiger charge is 2.33. The summed E-state index contributed by atoms with van der Waals surface area (Å²) in [5.41, 5.74) is 3.06. The molecule has 1 fully saturated rings. The van der Waals surface area contributed by atoms with Crippen molar-refractivity contribution in [2.45, 2.75) is 50.6 Å². The van der Waals surface area contributed by atoms with Gasteiger partial charge in [0.25, 0.3) is 0 Å². The summed E-state index contributed by atoms with van der Waals surface area (Å²) in [6.45, 7) is 2.92. The van der Waals surface area contributed by atoms with Gasteiger partial charge in [0.05, 0.1) is 0 Å². The smallest absolute Gasteiger partial charge is 0.246 e. The third kappa shape index (κ3) is 7.18. The van der Waals surface area contributed by atoms with E-state index in [9.17, 15) is 17.6 Å². The van der Waals surface area contributed by atoms with Crippen LogP contribution in [0.15, 0.2) is 77.7 Å². The zero-order valence-electron chi connectivity index (χ0n) is 20.9. The zero-order valence-corrected chi connectivity index (χ0v) is 22.4. The Bertz CT molecular complexity index is 1310. The Balaban J connectivity index is 1.41. The molecule has 0 spiro atoms. The molecule has 0 atom stereocenters. The lowest BCUT2D eigenvalue weighted by Crippen LogP contribution is -2.38. The highest BCUT2D eigenvalue weighted by molar-refractivity contribution is 7.89. The molecule has 196 valence electrons. The molecule has 1 aliphatic rings. The SMILES string of the molecule is Cc1ccc(CNC(=O)C2CCC(CN(Cc3ccccc3)S(=O)(=O)c3ccc(Cl)cc3F)CC2)cc1. The third-order valence-electron chi connectivity index (χ3n) is 6.98. The van der Waals surface area contributed by atoms with E-state index in [0.29, 0.717) is 19.4 Å². The van der Waals surface area contributed by atoms with Crippen molar-refractivity contribution >= 4 is 27.5 Å². The Morgan fingerprint density at radius 2 is 1.65 bits per heavy atom. The average Bonchev–Trinajstić information content (AvgIpc) is 2.88. The van der Waals surface area contributed by atoms with Crippen LogP contribution in [0.5, 0.6) is 0 Å². The van der Waals surface area contributed by atoms with Crippen LogP contribution in [0.4, 0.5) is 4.39 Å². The number of halogens is 2. The highest BCUT2D eigenvalue weighted by Crippen LogP contribution is 2.32. The largest absolute Gasteiger partial charge is 0.352 e. The maximum absolute atomic E-state index is 14.6. The molecule has 1 saturated carbocycles. The number of nitrogens with one attached hydrogen (secondary N) is 1. The van der Waals surface area contributed by atoms with E-state index in [1.807, 2.05) is 61.5 Å². The number of sulfonamides is 1. The predicted molar refractivity (Wildman–Crippen MR) is 144 cm³/mol. The van der Waals surface area contributed by atoms with Crippen LogP contribution in [0.2, 0.25) is 5.02 Å². The molecule has 0 aliphatic heterocycles. The van der Waals surface area contributed by atoms with E-state index in [1.54, 1.807) is 0 Å². The number of hydrogen-bond acceptors (Lipinski definition) is 3. The molecule has 0 aromatic heterocycles. The maximum atomic E-state index is 14.6. The molecule has 1 aliphatic carbocycles. The van der Waals surface area contributed by atoms with Crippen LogP contribution in [-0.2, 0) is 27.9 Å². The van der Waals surface area contributed by atoms with E-state index in [4.69, 9.17) is 11.6 Å². The first kappa shape index (κ1) is 27.3. The summed E-state index contributed by atoms with van der Waals surface area (Å²) in [7, 11) is -4.10. The number of aryl methyl sites for hydroxylation is 1. The Morgan fingerprint density at radius 1 is 0.973 bits per heavy atom. The second-order valence-corrected chi connectivity index (χ2v) is 12.1. The maximum Gasteiger partial charge on any atom is 0.246 e. The number of carbonyl (C=O) groups is 1. The number of nitrogens with zero attached hydrogens (tertiary/aromatic N) is 1. The molecule has 1 amide bonds. The molecule has 3 aromatic rings. The monoisotopic (exact) mass is 542 g/mol. The van der Waals surface area contributed by atoms with Gasteiger partial charge in [0.2, 0.25) is 15.9 Å². The minimum atomic E-state index is -4.10. The van der Waals surface area contributed by atoms with Crippen LogP contribution < -0.4 is 5.32 Å². The molecule has 4 rings (SSSR count). The van der Waals surface area contributed by atoms with Gasteiger partial charge in [0.15, 0.2) is 0 Å². The van der Waals surface area contributed by atoms with Crippen LogP contribution in [0.3, 0.4) is 0 Å². The molecule has 8 heteroatoms. The average molecular weight is 543 g/mol. The predicted octanol–water partition coefficient (Wildman–Crippen LogP) is 6.10. The fraction of sp³-hybridized carbons (Fsp3) is 0.345. The van der Waals surface area contributed by atoms with Crippen LogP contribution in [-0.4, -0.2) is 25.2 Å². The zero-order chi connectivity index (χ0) is 26.4. The first-order valence-corrected chi connectivity index (χ1v) is 14.4. The molecule has 0 saturated heterocycles. The standard InChI is InChI=1S/C29H32ClFN2O3S/c1-21-7-9-22(10-8-21)18-32-29(34)25-13-11-24(12-14-25)20-33(19-23-5-3-2-4-6-23)37(35,36)28-16-15-26(30)17-27(28)31/h2-10,15-17,24-25H,11-14,18-20H2,1H3,(H,32,34). The summed E-state index contributed by atoms with van der Waals surface area (Å²) in [5.74, 6) is -0.833. The van der Waals surface area contributed by atoms with E-state index in [0.717, 1.165) is 30.0 Å². The normalized spacial score (nSPS) is 18.1. The van der Waals surface area contributed by atoms with Gasteiger partial charge in [-0.05, 0) is 67.9 Å². The summed E-state index contributed by atoms with van der Waals surface area (Å²) >= 11 is 5.85. The molecule has 0 radical (unpaired) electrons. The van der Waals surface area contributed by atoms with E-state index in [2.05, 4.69) is 5.32 Å². The third-order valence-corrected chi connectivity index (χ3v) is 9.06. The summed E-state index contributed by atoms with van der Waals surface area (Å²) in [6.07, 6.45) is 2.84. The minimum Gasteiger partial charge on any atom is -0.352 e. The van der Waals surface area contributed by atoms with Crippen molar-refractivity contribution in [3.8, 4) is 0 Å². The molecular weight excluding hydrogens is 511 g/mol. The van der Waals surface area contributed by atoms with Crippen molar-refractivity contribution < 1.29 is 17.6 Å². The van der Waals surface area contributed by atoms with Crippen molar-refractivity contribution in [2.24, 2.45) is 11.8 Å². The number of rotatable bonds is 9. The van der Waals surface area contributed by atoms with Crippen molar-refractivity contribution in [1.29, 1.82) is 0 Å². The van der Waals surface area contributed by atoms with Gasteiger partial charge in [0.1, 0.15) is 10.7 Å². The fourth-order valence-electron chi connectivity index (χ4n) is 4.79. The van der Waals surface area contributed by atoms with Crippen LogP contribution >= 0.6 is 11.6 Å². The van der Waals surface area contributed by atoms with Crippen LogP contribution in [0, 0.1) is 24.6 Å².